The highest BCUT2D eigenvalue weighted by Gasteiger charge is 1.96. The highest BCUT2D eigenvalue weighted by Crippen LogP contribution is 2.07. The molecule has 0 aromatic carbocycles. The van der Waals surface area contributed by atoms with Gasteiger partial charge in [-0.3, -0.25) is 0 Å². The monoisotopic (exact) mass is 134 g/mol. The van der Waals surface area contributed by atoms with Crippen LogP contribution in [0.4, 0.5) is 0 Å². The molecule has 52 valence electrons. The minimum atomic E-state index is 0.597. The van der Waals surface area contributed by atoms with Crippen molar-refractivity contribution in [1.29, 1.82) is 0 Å². The molecule has 1 heteroatoms. The van der Waals surface area contributed by atoms with Gasteiger partial charge in [0.1, 0.15) is 11.5 Å². The maximum absolute atomic E-state index is 5.33. The molecule has 0 spiro atoms. The van der Waals surface area contributed by atoms with Crippen molar-refractivity contribution in [2.24, 2.45) is 0 Å². The second kappa shape index (κ2) is 3.12. The van der Waals surface area contributed by atoms with Crippen molar-refractivity contribution in [2.45, 2.75) is 19.8 Å². The first kappa shape index (κ1) is 6.95. The molecule has 0 saturated carbocycles. The van der Waals surface area contributed by atoms with Crippen molar-refractivity contribution in [2.75, 3.05) is 0 Å². The Morgan fingerprint density at radius 2 is 2.20 bits per heavy atom. The quantitative estimate of drug-likeness (QED) is 0.564. The Labute approximate surface area is 61.0 Å². The molecule has 0 saturated heterocycles. The van der Waals surface area contributed by atoms with Crippen molar-refractivity contribution in [3.8, 4) is 12.3 Å². The van der Waals surface area contributed by atoms with Crippen LogP contribution in [-0.2, 0) is 12.8 Å². The van der Waals surface area contributed by atoms with E-state index in [0.29, 0.717) is 6.42 Å². The predicted molar refractivity (Wildman–Crippen MR) is 40.6 cm³/mol. The van der Waals surface area contributed by atoms with Crippen molar-refractivity contribution in [3.05, 3.63) is 23.7 Å². The fourth-order valence-corrected chi connectivity index (χ4v) is 0.808. The number of rotatable bonds is 2. The summed E-state index contributed by atoms with van der Waals surface area (Å²) in [6.45, 7) is 2.05. The lowest BCUT2D eigenvalue weighted by atomic mass is 10.3. The Morgan fingerprint density at radius 1 is 1.50 bits per heavy atom. The van der Waals surface area contributed by atoms with Gasteiger partial charge in [-0.15, -0.1) is 6.42 Å². The van der Waals surface area contributed by atoms with E-state index in [0.717, 1.165) is 17.9 Å². The molecule has 1 rings (SSSR count). The molecule has 0 aliphatic carbocycles. The van der Waals surface area contributed by atoms with Crippen LogP contribution in [-0.4, -0.2) is 0 Å². The van der Waals surface area contributed by atoms with Gasteiger partial charge in [-0.25, -0.2) is 0 Å². The summed E-state index contributed by atoms with van der Waals surface area (Å²) < 4.78 is 5.33. The van der Waals surface area contributed by atoms with Crippen LogP contribution in [0.2, 0.25) is 0 Å². The smallest absolute Gasteiger partial charge is 0.116 e. The molecule has 0 atom stereocenters. The fraction of sp³-hybridized carbons (Fsp3) is 0.333. The lowest BCUT2D eigenvalue weighted by Crippen LogP contribution is -1.74. The van der Waals surface area contributed by atoms with Gasteiger partial charge in [0.25, 0.3) is 0 Å². The second-order valence-corrected chi connectivity index (χ2v) is 2.10. The van der Waals surface area contributed by atoms with Gasteiger partial charge in [-0.2, -0.15) is 0 Å². The number of terminal acetylenes is 1. The Bertz CT molecular complexity index is 239. The molecule has 0 unspecified atom stereocenters. The summed E-state index contributed by atoms with van der Waals surface area (Å²) in [5, 5.41) is 0. The van der Waals surface area contributed by atoms with Crippen LogP contribution in [0.3, 0.4) is 0 Å². The van der Waals surface area contributed by atoms with E-state index in [2.05, 4.69) is 12.8 Å². The van der Waals surface area contributed by atoms with E-state index in [-0.39, 0.29) is 0 Å². The fourth-order valence-electron chi connectivity index (χ4n) is 0.808. The van der Waals surface area contributed by atoms with Gasteiger partial charge in [-0.1, -0.05) is 12.8 Å². The number of furan rings is 1. The molecule has 10 heavy (non-hydrogen) atoms. The summed E-state index contributed by atoms with van der Waals surface area (Å²) >= 11 is 0. The van der Waals surface area contributed by atoms with Crippen LogP contribution in [0.1, 0.15) is 18.4 Å². The summed E-state index contributed by atoms with van der Waals surface area (Å²) in [6.07, 6.45) is 6.63. The van der Waals surface area contributed by atoms with E-state index in [1.165, 1.54) is 0 Å². The lowest BCUT2D eigenvalue weighted by molar-refractivity contribution is 0.481. The topological polar surface area (TPSA) is 13.1 Å². The van der Waals surface area contributed by atoms with Crippen molar-refractivity contribution in [3.63, 3.8) is 0 Å². The summed E-state index contributed by atoms with van der Waals surface area (Å²) in [5.74, 6) is 4.42. The zero-order valence-electron chi connectivity index (χ0n) is 6.05. The second-order valence-electron chi connectivity index (χ2n) is 2.10. The maximum atomic E-state index is 5.33. The average Bonchev–Trinajstić information content (AvgIpc) is 2.37. The molecule has 0 amide bonds. The molecule has 0 fully saturated rings. The lowest BCUT2D eigenvalue weighted by Gasteiger charge is -1.86. The van der Waals surface area contributed by atoms with Crippen molar-refractivity contribution >= 4 is 0 Å². The van der Waals surface area contributed by atoms with Gasteiger partial charge in [0.15, 0.2) is 0 Å². The number of hydrogen-bond acceptors (Lipinski definition) is 1. The SMILES string of the molecule is C#CCc1ccc(CC)o1. The first-order chi connectivity index (χ1) is 4.86. The Morgan fingerprint density at radius 3 is 2.70 bits per heavy atom. The Balaban J connectivity index is 2.70. The average molecular weight is 134 g/mol. The molecule has 1 aromatic heterocycles. The molecule has 1 heterocycles. The third kappa shape index (κ3) is 1.41. The van der Waals surface area contributed by atoms with Crippen LogP contribution in [0.15, 0.2) is 16.5 Å². The first-order valence-electron chi connectivity index (χ1n) is 3.38. The Kier molecular flexibility index (Phi) is 2.17. The molecule has 0 radical (unpaired) electrons. The highest BCUT2D eigenvalue weighted by molar-refractivity contribution is 5.11. The Hall–Kier alpha value is -1.16. The minimum absolute atomic E-state index is 0.597. The molecule has 0 aliphatic heterocycles. The van der Waals surface area contributed by atoms with E-state index in [9.17, 15) is 0 Å². The van der Waals surface area contributed by atoms with E-state index in [1.54, 1.807) is 0 Å². The molecule has 0 N–H and O–H groups in total. The molecule has 1 aromatic rings. The molecular weight excluding hydrogens is 124 g/mol. The zero-order valence-corrected chi connectivity index (χ0v) is 6.05. The van der Waals surface area contributed by atoms with Crippen LogP contribution in [0.25, 0.3) is 0 Å². The predicted octanol–water partition coefficient (Wildman–Crippen LogP) is 2.02. The van der Waals surface area contributed by atoms with Gasteiger partial charge in [0.05, 0.1) is 6.42 Å². The molecule has 0 bridgehead atoms. The number of hydrogen-bond donors (Lipinski definition) is 0. The highest BCUT2D eigenvalue weighted by atomic mass is 16.3. The molecular formula is C9H10O. The summed E-state index contributed by atoms with van der Waals surface area (Å²) in [4.78, 5) is 0. The van der Waals surface area contributed by atoms with Gasteiger partial charge < -0.3 is 4.42 Å². The van der Waals surface area contributed by atoms with Crippen molar-refractivity contribution < 1.29 is 4.42 Å². The van der Waals surface area contributed by atoms with Gasteiger partial charge in [0.2, 0.25) is 0 Å². The standard InChI is InChI=1S/C9H10O/c1-3-5-9-7-6-8(4-2)10-9/h1,6-7H,4-5H2,2H3. The third-order valence-electron chi connectivity index (χ3n) is 1.34. The van der Waals surface area contributed by atoms with Gasteiger partial charge in [0, 0.05) is 6.42 Å². The van der Waals surface area contributed by atoms with Crippen LogP contribution in [0.5, 0.6) is 0 Å². The number of aryl methyl sites for hydroxylation is 1. The summed E-state index contributed by atoms with van der Waals surface area (Å²) in [7, 11) is 0. The normalized spacial score (nSPS) is 9.20. The van der Waals surface area contributed by atoms with Crippen LogP contribution < -0.4 is 0 Å². The van der Waals surface area contributed by atoms with E-state index in [1.807, 2.05) is 12.1 Å². The minimum Gasteiger partial charge on any atom is -0.465 e. The third-order valence-corrected chi connectivity index (χ3v) is 1.34. The van der Waals surface area contributed by atoms with Gasteiger partial charge >= 0.3 is 0 Å². The van der Waals surface area contributed by atoms with Gasteiger partial charge in [-0.05, 0) is 12.1 Å². The molecule has 0 aliphatic rings. The van der Waals surface area contributed by atoms with E-state index in [4.69, 9.17) is 10.8 Å². The van der Waals surface area contributed by atoms with Crippen LogP contribution >= 0.6 is 0 Å². The van der Waals surface area contributed by atoms with Crippen LogP contribution in [0, 0.1) is 12.3 Å². The summed E-state index contributed by atoms with van der Waals surface area (Å²) in [6, 6.07) is 3.89. The maximum Gasteiger partial charge on any atom is 0.116 e. The molecule has 1 nitrogen and oxygen atoms in total. The van der Waals surface area contributed by atoms with E-state index < -0.39 is 0 Å². The van der Waals surface area contributed by atoms with E-state index >= 15 is 0 Å². The first-order valence-corrected chi connectivity index (χ1v) is 3.38. The summed E-state index contributed by atoms with van der Waals surface area (Å²) in [5.41, 5.74) is 0. The van der Waals surface area contributed by atoms with Crippen molar-refractivity contribution in [1.82, 2.24) is 0 Å². The zero-order chi connectivity index (χ0) is 7.40. The largest absolute Gasteiger partial charge is 0.465 e.